The van der Waals surface area contributed by atoms with Crippen molar-refractivity contribution in [1.29, 1.82) is 5.26 Å². The first kappa shape index (κ1) is 15.8. The number of nitrogens with zero attached hydrogens (tertiary/aromatic N) is 2. The maximum absolute atomic E-state index is 12.7. The van der Waals surface area contributed by atoms with E-state index in [0.717, 1.165) is 23.4 Å². The van der Waals surface area contributed by atoms with Crippen molar-refractivity contribution in [3.05, 3.63) is 52.3 Å². The van der Waals surface area contributed by atoms with Gasteiger partial charge in [-0.05, 0) is 49.2 Å². The van der Waals surface area contributed by atoms with Crippen molar-refractivity contribution >= 4 is 0 Å². The summed E-state index contributed by atoms with van der Waals surface area (Å²) in [5, 5.41) is 8.86. The number of hydrogen-bond donors (Lipinski definition) is 0. The highest BCUT2D eigenvalue weighted by atomic mass is 16.5. The first-order valence-electron chi connectivity index (χ1n) is 7.38. The number of methoxy groups -OCH3 is 1. The van der Waals surface area contributed by atoms with Gasteiger partial charge in [-0.15, -0.1) is 0 Å². The van der Waals surface area contributed by atoms with Crippen LogP contribution in [0.3, 0.4) is 0 Å². The smallest absolute Gasteiger partial charge is 0.255 e. The van der Waals surface area contributed by atoms with Crippen molar-refractivity contribution < 1.29 is 4.74 Å². The van der Waals surface area contributed by atoms with Gasteiger partial charge >= 0.3 is 0 Å². The van der Waals surface area contributed by atoms with Crippen molar-refractivity contribution in [2.75, 3.05) is 7.11 Å². The van der Waals surface area contributed by atoms with Gasteiger partial charge in [0, 0.05) is 11.6 Å². The van der Waals surface area contributed by atoms with Crippen LogP contribution in [0, 0.1) is 11.3 Å². The predicted molar refractivity (Wildman–Crippen MR) is 87.0 cm³/mol. The molecule has 2 rings (SSSR count). The summed E-state index contributed by atoms with van der Waals surface area (Å²) in [4.78, 5) is 12.7. The normalized spacial score (nSPS) is 11.7. The quantitative estimate of drug-likeness (QED) is 0.847. The Morgan fingerprint density at radius 2 is 1.91 bits per heavy atom. The second-order valence-electron chi connectivity index (χ2n) is 5.24. The topological polar surface area (TPSA) is 55.0 Å². The van der Waals surface area contributed by atoms with Crippen LogP contribution in [0.15, 0.2) is 41.2 Å². The van der Waals surface area contributed by atoms with Crippen LogP contribution in [0.5, 0.6) is 5.75 Å². The zero-order valence-electron chi connectivity index (χ0n) is 13.2. The number of aromatic nitrogens is 1. The van der Waals surface area contributed by atoms with E-state index >= 15 is 0 Å². The lowest BCUT2D eigenvalue weighted by atomic mass is 10.1. The first-order valence-corrected chi connectivity index (χ1v) is 7.38. The molecule has 1 aromatic heterocycles. The third-order valence-corrected chi connectivity index (χ3v) is 3.88. The molecule has 1 aromatic carbocycles. The molecule has 0 N–H and O–H groups in total. The van der Waals surface area contributed by atoms with Crippen LogP contribution >= 0.6 is 0 Å². The van der Waals surface area contributed by atoms with E-state index < -0.39 is 0 Å². The Kier molecular flexibility index (Phi) is 5.00. The highest BCUT2D eigenvalue weighted by molar-refractivity contribution is 5.61. The van der Waals surface area contributed by atoms with Crippen molar-refractivity contribution in [2.24, 2.45) is 0 Å². The molecule has 22 heavy (non-hydrogen) atoms. The molecule has 1 atom stereocenters. The number of hydrogen-bond acceptors (Lipinski definition) is 3. The lowest BCUT2D eigenvalue weighted by Crippen LogP contribution is -2.27. The Morgan fingerprint density at radius 1 is 1.23 bits per heavy atom. The lowest BCUT2D eigenvalue weighted by molar-refractivity contribution is 0.415. The highest BCUT2D eigenvalue weighted by Crippen LogP contribution is 2.25. The Morgan fingerprint density at radius 3 is 2.45 bits per heavy atom. The third kappa shape index (κ3) is 3.04. The molecule has 4 nitrogen and oxygen atoms in total. The summed E-state index contributed by atoms with van der Waals surface area (Å²) in [6.45, 7) is 4.07. The third-order valence-electron chi connectivity index (χ3n) is 3.88. The van der Waals surface area contributed by atoms with Crippen LogP contribution in [-0.2, 0) is 6.42 Å². The van der Waals surface area contributed by atoms with Gasteiger partial charge in [0.25, 0.3) is 5.56 Å². The van der Waals surface area contributed by atoms with Gasteiger partial charge in [0.15, 0.2) is 0 Å². The van der Waals surface area contributed by atoms with E-state index in [1.165, 1.54) is 0 Å². The second-order valence-corrected chi connectivity index (χ2v) is 5.24. The van der Waals surface area contributed by atoms with Crippen LogP contribution in [0.1, 0.15) is 31.9 Å². The average molecular weight is 296 g/mol. The van der Waals surface area contributed by atoms with Gasteiger partial charge in [-0.25, -0.2) is 0 Å². The van der Waals surface area contributed by atoms with E-state index in [-0.39, 0.29) is 18.0 Å². The van der Waals surface area contributed by atoms with E-state index in [9.17, 15) is 4.79 Å². The SMILES string of the molecule is CCC(C)n1c(-c2ccc(OC)cc2)ccc(CC#N)c1=O. The molecule has 0 saturated carbocycles. The summed E-state index contributed by atoms with van der Waals surface area (Å²) >= 11 is 0. The molecule has 0 bridgehead atoms. The van der Waals surface area contributed by atoms with Gasteiger partial charge in [-0.1, -0.05) is 13.0 Å². The molecule has 0 saturated heterocycles. The van der Waals surface area contributed by atoms with Gasteiger partial charge in [0.1, 0.15) is 5.75 Å². The van der Waals surface area contributed by atoms with Crippen molar-refractivity contribution in [1.82, 2.24) is 4.57 Å². The molecule has 1 unspecified atom stereocenters. The number of pyridine rings is 1. The van der Waals surface area contributed by atoms with Gasteiger partial charge in [-0.3, -0.25) is 4.79 Å². The highest BCUT2D eigenvalue weighted by Gasteiger charge is 2.14. The summed E-state index contributed by atoms with van der Waals surface area (Å²) in [6.07, 6.45) is 0.983. The average Bonchev–Trinajstić information content (AvgIpc) is 2.56. The van der Waals surface area contributed by atoms with E-state index in [1.54, 1.807) is 17.7 Å². The Balaban J connectivity index is 2.61. The molecule has 0 amide bonds. The van der Waals surface area contributed by atoms with Crippen LogP contribution in [-0.4, -0.2) is 11.7 Å². The number of nitriles is 1. The summed E-state index contributed by atoms with van der Waals surface area (Å²) in [6, 6.07) is 13.4. The van der Waals surface area contributed by atoms with E-state index in [1.807, 2.05) is 44.2 Å². The minimum Gasteiger partial charge on any atom is -0.497 e. The van der Waals surface area contributed by atoms with Crippen molar-refractivity contribution in [3.63, 3.8) is 0 Å². The standard InChI is InChI=1S/C18H20N2O2/c1-4-13(2)20-17(10-7-15(11-12-19)18(20)21)14-5-8-16(22-3)9-6-14/h5-10,13H,4,11H2,1-3H3. The van der Waals surface area contributed by atoms with Gasteiger partial charge in [0.05, 0.1) is 25.3 Å². The molecule has 114 valence electrons. The zero-order valence-corrected chi connectivity index (χ0v) is 13.2. The number of rotatable bonds is 5. The van der Waals surface area contributed by atoms with Crippen molar-refractivity contribution in [3.8, 4) is 23.1 Å². The number of benzene rings is 1. The Bertz CT molecular complexity index is 739. The fraction of sp³-hybridized carbons (Fsp3) is 0.333. The predicted octanol–water partition coefficient (Wildman–Crippen LogP) is 3.56. The van der Waals surface area contributed by atoms with E-state index in [0.29, 0.717) is 5.56 Å². The van der Waals surface area contributed by atoms with Gasteiger partial charge < -0.3 is 9.30 Å². The minimum absolute atomic E-state index is 0.0724. The molecule has 0 aliphatic heterocycles. The molecule has 0 fully saturated rings. The molecule has 2 aromatic rings. The molecule has 1 heterocycles. The van der Waals surface area contributed by atoms with E-state index in [4.69, 9.17) is 10.00 Å². The maximum Gasteiger partial charge on any atom is 0.255 e. The fourth-order valence-electron chi connectivity index (χ4n) is 2.43. The van der Waals surface area contributed by atoms with Gasteiger partial charge in [0.2, 0.25) is 0 Å². The summed E-state index contributed by atoms with van der Waals surface area (Å²) in [7, 11) is 1.63. The molecule has 4 heteroatoms. The summed E-state index contributed by atoms with van der Waals surface area (Å²) in [5.41, 5.74) is 2.29. The number of ether oxygens (including phenoxy) is 1. The first-order chi connectivity index (χ1) is 10.6. The molecule has 0 radical (unpaired) electrons. The minimum atomic E-state index is -0.0794. The molecular formula is C18H20N2O2. The molecule has 0 aliphatic carbocycles. The molecular weight excluding hydrogens is 276 g/mol. The van der Waals surface area contributed by atoms with Crippen LogP contribution in [0.2, 0.25) is 0 Å². The molecule has 0 aliphatic rings. The molecule has 0 spiro atoms. The van der Waals surface area contributed by atoms with Crippen LogP contribution < -0.4 is 10.3 Å². The monoisotopic (exact) mass is 296 g/mol. The Labute approximate surface area is 130 Å². The largest absolute Gasteiger partial charge is 0.497 e. The van der Waals surface area contributed by atoms with Crippen LogP contribution in [0.4, 0.5) is 0 Å². The van der Waals surface area contributed by atoms with Gasteiger partial charge in [-0.2, -0.15) is 5.26 Å². The summed E-state index contributed by atoms with van der Waals surface area (Å²) in [5.74, 6) is 0.780. The van der Waals surface area contributed by atoms with Crippen LogP contribution in [0.25, 0.3) is 11.3 Å². The summed E-state index contributed by atoms with van der Waals surface area (Å²) < 4.78 is 6.96. The second kappa shape index (κ2) is 6.95. The lowest BCUT2D eigenvalue weighted by Gasteiger charge is -2.20. The Hall–Kier alpha value is -2.54. The zero-order chi connectivity index (χ0) is 16.1. The van der Waals surface area contributed by atoms with Crippen molar-refractivity contribution in [2.45, 2.75) is 32.7 Å². The maximum atomic E-state index is 12.7. The van der Waals surface area contributed by atoms with E-state index in [2.05, 4.69) is 6.07 Å². The fourth-order valence-corrected chi connectivity index (χ4v) is 2.43.